The summed E-state index contributed by atoms with van der Waals surface area (Å²) in [5.74, 6) is -1.22. The number of primary sulfonamides is 1. The molecule has 1 amide bonds. The molecular formula is C13H19FN2O3S. The van der Waals surface area contributed by atoms with Crippen LogP contribution < -0.4 is 5.14 Å². The van der Waals surface area contributed by atoms with E-state index in [9.17, 15) is 17.6 Å². The summed E-state index contributed by atoms with van der Waals surface area (Å²) in [6.45, 7) is 5.97. The van der Waals surface area contributed by atoms with Crippen LogP contribution in [0.1, 0.15) is 37.6 Å². The lowest BCUT2D eigenvalue weighted by molar-refractivity contribution is 0.0701. The molecule has 0 spiro atoms. The van der Waals surface area contributed by atoms with Gasteiger partial charge in [0.2, 0.25) is 10.0 Å². The summed E-state index contributed by atoms with van der Waals surface area (Å²) in [6.07, 6.45) is 0.712. The topological polar surface area (TPSA) is 80.5 Å². The van der Waals surface area contributed by atoms with Crippen LogP contribution in [0.25, 0.3) is 0 Å². The summed E-state index contributed by atoms with van der Waals surface area (Å²) in [7, 11) is -4.08. The monoisotopic (exact) mass is 302 g/mol. The van der Waals surface area contributed by atoms with Gasteiger partial charge in [-0.15, -0.1) is 0 Å². The molecule has 0 unspecified atom stereocenters. The Labute approximate surface area is 118 Å². The fourth-order valence-electron chi connectivity index (χ4n) is 1.91. The first-order chi connectivity index (χ1) is 9.18. The number of halogens is 1. The maximum absolute atomic E-state index is 13.3. The molecule has 0 aliphatic heterocycles. The molecule has 0 aliphatic rings. The highest BCUT2D eigenvalue weighted by Crippen LogP contribution is 2.19. The lowest BCUT2D eigenvalue weighted by Crippen LogP contribution is -2.38. The number of amides is 1. The average molecular weight is 302 g/mol. The molecule has 7 heteroatoms. The van der Waals surface area contributed by atoms with E-state index in [0.29, 0.717) is 13.0 Å². The van der Waals surface area contributed by atoms with E-state index in [1.54, 1.807) is 0 Å². The zero-order chi connectivity index (χ0) is 15.5. The highest BCUT2D eigenvalue weighted by Gasteiger charge is 2.25. The van der Waals surface area contributed by atoms with Crippen molar-refractivity contribution in [2.24, 2.45) is 5.14 Å². The van der Waals surface area contributed by atoms with Crippen molar-refractivity contribution < 1.29 is 17.6 Å². The lowest BCUT2D eigenvalue weighted by Gasteiger charge is -2.27. The molecule has 0 aromatic heterocycles. The van der Waals surface area contributed by atoms with Crippen molar-refractivity contribution >= 4 is 15.9 Å². The molecule has 0 bridgehead atoms. The van der Waals surface area contributed by atoms with Gasteiger partial charge in [0, 0.05) is 12.6 Å². The first kappa shape index (κ1) is 16.6. The predicted molar refractivity (Wildman–Crippen MR) is 74.2 cm³/mol. The van der Waals surface area contributed by atoms with Gasteiger partial charge in [0.15, 0.2) is 0 Å². The van der Waals surface area contributed by atoms with Crippen LogP contribution in [-0.4, -0.2) is 31.8 Å². The van der Waals surface area contributed by atoms with Crippen LogP contribution in [0.5, 0.6) is 0 Å². The highest BCUT2D eigenvalue weighted by molar-refractivity contribution is 7.89. The quantitative estimate of drug-likeness (QED) is 0.899. The largest absolute Gasteiger partial charge is 0.336 e. The third kappa shape index (κ3) is 3.77. The molecule has 0 heterocycles. The van der Waals surface area contributed by atoms with Gasteiger partial charge in [-0.2, -0.15) is 0 Å². The Hall–Kier alpha value is -1.47. The van der Waals surface area contributed by atoms with E-state index in [2.05, 4.69) is 0 Å². The van der Waals surface area contributed by atoms with Gasteiger partial charge in [-0.1, -0.05) is 6.92 Å². The smallest absolute Gasteiger partial charge is 0.255 e. The van der Waals surface area contributed by atoms with Gasteiger partial charge in [0.25, 0.3) is 5.91 Å². The highest BCUT2D eigenvalue weighted by atomic mass is 32.2. The molecule has 0 radical (unpaired) electrons. The fourth-order valence-corrected chi connectivity index (χ4v) is 2.62. The molecule has 1 aromatic rings. The summed E-state index contributed by atoms with van der Waals surface area (Å²) in [5.41, 5.74) is -0.227. The van der Waals surface area contributed by atoms with Crippen molar-refractivity contribution in [3.05, 3.63) is 29.6 Å². The van der Waals surface area contributed by atoms with Gasteiger partial charge in [0.05, 0.1) is 10.5 Å². The van der Waals surface area contributed by atoms with E-state index in [4.69, 9.17) is 5.14 Å². The molecular weight excluding hydrogens is 283 g/mol. The van der Waals surface area contributed by atoms with E-state index >= 15 is 0 Å². The molecule has 112 valence electrons. The summed E-state index contributed by atoms with van der Waals surface area (Å²) in [4.78, 5) is 13.6. The van der Waals surface area contributed by atoms with E-state index in [0.717, 1.165) is 18.2 Å². The lowest BCUT2D eigenvalue weighted by atomic mass is 10.1. The Morgan fingerprint density at radius 2 is 2.00 bits per heavy atom. The SMILES string of the molecule is CCCN(C(=O)c1cc(F)ccc1S(N)(=O)=O)C(C)C. The van der Waals surface area contributed by atoms with Crippen molar-refractivity contribution in [3.8, 4) is 0 Å². The van der Waals surface area contributed by atoms with Crippen molar-refractivity contribution in [2.45, 2.75) is 38.1 Å². The average Bonchev–Trinajstić information content (AvgIpc) is 2.33. The third-order valence-corrected chi connectivity index (χ3v) is 3.80. The van der Waals surface area contributed by atoms with Crippen LogP contribution >= 0.6 is 0 Å². The van der Waals surface area contributed by atoms with Crippen LogP contribution in [0.4, 0.5) is 4.39 Å². The van der Waals surface area contributed by atoms with Crippen molar-refractivity contribution in [1.29, 1.82) is 0 Å². The molecule has 2 N–H and O–H groups in total. The first-order valence-electron chi connectivity index (χ1n) is 6.31. The minimum absolute atomic E-state index is 0.126. The molecule has 0 fully saturated rings. The molecule has 5 nitrogen and oxygen atoms in total. The number of benzene rings is 1. The third-order valence-electron chi connectivity index (χ3n) is 2.83. The van der Waals surface area contributed by atoms with Gasteiger partial charge in [-0.3, -0.25) is 4.79 Å². The number of sulfonamides is 1. The Morgan fingerprint density at radius 3 is 2.45 bits per heavy atom. The Bertz CT molecular complexity index is 600. The van der Waals surface area contributed by atoms with Crippen LogP contribution in [0.15, 0.2) is 23.1 Å². The number of carbonyl (C=O) groups excluding carboxylic acids is 1. The predicted octanol–water partition coefficient (Wildman–Crippen LogP) is 1.73. The molecule has 20 heavy (non-hydrogen) atoms. The number of rotatable bonds is 5. The molecule has 0 saturated heterocycles. The van der Waals surface area contributed by atoms with E-state index in [-0.39, 0.29) is 16.5 Å². The maximum atomic E-state index is 13.3. The zero-order valence-electron chi connectivity index (χ0n) is 11.8. The van der Waals surface area contributed by atoms with E-state index in [1.165, 1.54) is 4.90 Å². The molecule has 0 atom stereocenters. The van der Waals surface area contributed by atoms with Gasteiger partial charge in [-0.25, -0.2) is 17.9 Å². The summed E-state index contributed by atoms with van der Waals surface area (Å²) < 4.78 is 36.3. The molecule has 1 rings (SSSR count). The summed E-state index contributed by atoms with van der Waals surface area (Å²) >= 11 is 0. The first-order valence-corrected chi connectivity index (χ1v) is 7.86. The maximum Gasteiger partial charge on any atom is 0.255 e. The van der Waals surface area contributed by atoms with Gasteiger partial charge < -0.3 is 4.90 Å². The van der Waals surface area contributed by atoms with E-state index in [1.807, 2.05) is 20.8 Å². The van der Waals surface area contributed by atoms with Crippen LogP contribution in [0.2, 0.25) is 0 Å². The molecule has 1 aromatic carbocycles. The number of carbonyl (C=O) groups is 1. The second-order valence-electron chi connectivity index (χ2n) is 4.78. The Kier molecular flexibility index (Phi) is 5.24. The van der Waals surface area contributed by atoms with Crippen molar-refractivity contribution in [2.75, 3.05) is 6.54 Å². The standard InChI is InChI=1S/C13H19FN2O3S/c1-4-7-16(9(2)3)13(17)11-8-10(14)5-6-12(11)20(15,18)19/h5-6,8-9H,4,7H2,1-3H3,(H2,15,18,19). The normalized spacial score (nSPS) is 11.7. The summed E-state index contributed by atoms with van der Waals surface area (Å²) in [6, 6.07) is 2.77. The Balaban J connectivity index is 3.37. The zero-order valence-corrected chi connectivity index (χ0v) is 12.6. The summed E-state index contributed by atoms with van der Waals surface area (Å²) in [5, 5.41) is 5.07. The minimum Gasteiger partial charge on any atom is -0.336 e. The number of hydrogen-bond acceptors (Lipinski definition) is 3. The van der Waals surface area contributed by atoms with Crippen molar-refractivity contribution in [3.63, 3.8) is 0 Å². The fraction of sp³-hybridized carbons (Fsp3) is 0.462. The Morgan fingerprint density at radius 1 is 1.40 bits per heavy atom. The molecule has 0 aliphatic carbocycles. The van der Waals surface area contributed by atoms with Crippen LogP contribution in [0.3, 0.4) is 0 Å². The number of hydrogen-bond donors (Lipinski definition) is 1. The number of nitrogens with zero attached hydrogens (tertiary/aromatic N) is 1. The second kappa shape index (κ2) is 6.32. The van der Waals surface area contributed by atoms with E-state index < -0.39 is 21.7 Å². The van der Waals surface area contributed by atoms with Gasteiger partial charge >= 0.3 is 0 Å². The number of nitrogens with two attached hydrogens (primary N) is 1. The van der Waals surface area contributed by atoms with Crippen molar-refractivity contribution in [1.82, 2.24) is 4.90 Å². The minimum atomic E-state index is -4.08. The molecule has 0 saturated carbocycles. The second-order valence-corrected chi connectivity index (χ2v) is 6.31. The van der Waals surface area contributed by atoms with Gasteiger partial charge in [-0.05, 0) is 38.5 Å². The van der Waals surface area contributed by atoms with Gasteiger partial charge in [0.1, 0.15) is 5.82 Å². The van der Waals surface area contributed by atoms with Crippen LogP contribution in [0, 0.1) is 5.82 Å². The van der Waals surface area contributed by atoms with Crippen LogP contribution in [-0.2, 0) is 10.0 Å².